The van der Waals surface area contributed by atoms with Crippen LogP contribution in [-0.2, 0) is 30.2 Å². The monoisotopic (exact) mass is 527 g/mol. The Kier molecular flexibility index (Phi) is 7.79. The van der Waals surface area contributed by atoms with E-state index < -0.39 is 29.6 Å². The summed E-state index contributed by atoms with van der Waals surface area (Å²) < 4.78 is 85.7. The zero-order valence-electron chi connectivity index (χ0n) is 20.3. The fourth-order valence-electron chi connectivity index (χ4n) is 4.55. The molecule has 2 atom stereocenters. The molecule has 4 rings (SSSR count). The van der Waals surface area contributed by atoms with Crippen molar-refractivity contribution in [2.24, 2.45) is 0 Å². The summed E-state index contributed by atoms with van der Waals surface area (Å²) in [5.41, 5.74) is -1.15. The van der Waals surface area contributed by atoms with Gasteiger partial charge in [-0.15, -0.1) is 5.10 Å². The van der Waals surface area contributed by atoms with Crippen molar-refractivity contribution in [2.45, 2.75) is 43.9 Å². The van der Waals surface area contributed by atoms with Crippen LogP contribution in [0.25, 0.3) is 0 Å². The molecule has 2 aromatic carbocycles. The Bertz CT molecular complexity index is 1150. The number of hydrogen-bond acceptors (Lipinski definition) is 5. The zero-order valence-corrected chi connectivity index (χ0v) is 20.3. The summed E-state index contributed by atoms with van der Waals surface area (Å²) in [4.78, 5) is 4.04. The van der Waals surface area contributed by atoms with Crippen LogP contribution >= 0.6 is 0 Å². The molecule has 1 fully saturated rings. The highest BCUT2D eigenvalue weighted by molar-refractivity contribution is 5.44. The molecule has 1 N–H and O–H groups in total. The average molecular weight is 528 g/mol. The molecule has 0 amide bonds. The topological polar surface area (TPSA) is 57.3 Å². The maximum absolute atomic E-state index is 13.3. The van der Waals surface area contributed by atoms with E-state index in [-0.39, 0.29) is 24.2 Å². The van der Waals surface area contributed by atoms with Crippen LogP contribution in [-0.4, -0.2) is 53.6 Å². The third kappa shape index (κ3) is 6.61. The smallest absolute Gasteiger partial charge is 0.373 e. The minimum absolute atomic E-state index is 0.123. The number of H-pyrrole nitrogens is 1. The third-order valence-electron chi connectivity index (χ3n) is 6.25. The molecule has 1 aromatic heterocycles. The molecular formula is C25H27F6N5O. The average Bonchev–Trinajstić information content (AvgIpc) is 3.29. The number of aromatic amines is 1. The number of aromatic nitrogens is 3. The van der Waals surface area contributed by atoms with Gasteiger partial charge in [0.05, 0.1) is 23.8 Å². The van der Waals surface area contributed by atoms with E-state index in [0.29, 0.717) is 44.0 Å². The molecule has 200 valence electrons. The van der Waals surface area contributed by atoms with E-state index >= 15 is 0 Å². The third-order valence-corrected chi connectivity index (χ3v) is 6.25. The number of piperidine rings is 1. The highest BCUT2D eigenvalue weighted by Gasteiger charge is 2.37. The van der Waals surface area contributed by atoms with Gasteiger partial charge in [-0.1, -0.05) is 30.3 Å². The van der Waals surface area contributed by atoms with Crippen molar-refractivity contribution < 1.29 is 31.1 Å². The van der Waals surface area contributed by atoms with E-state index in [4.69, 9.17) is 4.74 Å². The van der Waals surface area contributed by atoms with Crippen LogP contribution in [0, 0.1) is 0 Å². The molecule has 0 aliphatic carbocycles. The zero-order chi connectivity index (χ0) is 26.8. The number of benzene rings is 2. The van der Waals surface area contributed by atoms with Crippen LogP contribution in [0.1, 0.15) is 40.3 Å². The summed E-state index contributed by atoms with van der Waals surface area (Å²) in [5.74, 6) is 0.521. The molecule has 0 bridgehead atoms. The first-order chi connectivity index (χ1) is 17.4. The van der Waals surface area contributed by atoms with Gasteiger partial charge in [0.1, 0.15) is 5.69 Å². The molecule has 1 aliphatic heterocycles. The molecule has 1 aliphatic rings. The van der Waals surface area contributed by atoms with Gasteiger partial charge in [-0.05, 0) is 49.8 Å². The van der Waals surface area contributed by atoms with Gasteiger partial charge in [0.15, 0.2) is 5.82 Å². The quantitative estimate of drug-likeness (QED) is 0.413. The summed E-state index contributed by atoms with van der Waals surface area (Å²) in [6.45, 7) is 1.24. The standard InChI is InChI=1S/C25H27F6N5O/c1-35(2)14-21-23(33-34-32-21)36-9-8-22(20(13-36)17-6-4-3-5-7-17)37-15-16-10-18(24(26,27)28)12-19(11-16)25(29,30)31/h3-7,10-12,20,22H,8-9,13-15H2,1-2H3,(H,32,33,34). The number of nitrogens with one attached hydrogen (secondary N) is 1. The second kappa shape index (κ2) is 10.7. The predicted molar refractivity (Wildman–Crippen MR) is 125 cm³/mol. The number of halogens is 6. The molecule has 0 spiro atoms. The first-order valence-corrected chi connectivity index (χ1v) is 11.7. The van der Waals surface area contributed by atoms with E-state index in [1.54, 1.807) is 0 Å². The fraction of sp³-hybridized carbons (Fsp3) is 0.440. The number of anilines is 1. The summed E-state index contributed by atoms with van der Waals surface area (Å²) >= 11 is 0. The molecule has 12 heteroatoms. The highest BCUT2D eigenvalue weighted by Crippen LogP contribution is 2.37. The van der Waals surface area contributed by atoms with Crippen LogP contribution in [0.15, 0.2) is 48.5 Å². The summed E-state index contributed by atoms with van der Waals surface area (Å²) in [6, 6.07) is 11.0. The lowest BCUT2D eigenvalue weighted by Gasteiger charge is -2.39. The Hall–Kier alpha value is -3.12. The van der Waals surface area contributed by atoms with Crippen molar-refractivity contribution in [3.8, 4) is 0 Å². The summed E-state index contributed by atoms with van der Waals surface area (Å²) in [7, 11) is 3.84. The Morgan fingerprint density at radius 1 is 0.973 bits per heavy atom. The van der Waals surface area contributed by atoms with Gasteiger partial charge in [-0.3, -0.25) is 0 Å². The van der Waals surface area contributed by atoms with Gasteiger partial charge in [0.25, 0.3) is 0 Å². The van der Waals surface area contributed by atoms with Crippen molar-refractivity contribution in [3.05, 3.63) is 76.5 Å². The van der Waals surface area contributed by atoms with E-state index in [9.17, 15) is 26.3 Å². The predicted octanol–water partition coefficient (Wildman–Crippen LogP) is 5.48. The van der Waals surface area contributed by atoms with Crippen LogP contribution in [0.2, 0.25) is 0 Å². The summed E-state index contributed by atoms with van der Waals surface area (Å²) in [5, 5.41) is 11.2. The van der Waals surface area contributed by atoms with E-state index in [0.717, 1.165) is 11.3 Å². The Morgan fingerprint density at radius 2 is 1.62 bits per heavy atom. The second-order valence-electron chi connectivity index (χ2n) is 9.35. The molecule has 1 saturated heterocycles. The Morgan fingerprint density at radius 3 is 2.22 bits per heavy atom. The largest absolute Gasteiger partial charge is 0.416 e. The van der Waals surface area contributed by atoms with Gasteiger partial charge < -0.3 is 14.5 Å². The Labute approximate surface area is 210 Å². The number of rotatable bonds is 7. The molecule has 3 aromatic rings. The number of alkyl halides is 6. The second-order valence-corrected chi connectivity index (χ2v) is 9.35. The van der Waals surface area contributed by atoms with Crippen LogP contribution in [0.4, 0.5) is 32.2 Å². The van der Waals surface area contributed by atoms with Crippen molar-refractivity contribution in [2.75, 3.05) is 32.1 Å². The number of hydrogen-bond donors (Lipinski definition) is 1. The van der Waals surface area contributed by atoms with E-state index in [2.05, 4.69) is 20.3 Å². The van der Waals surface area contributed by atoms with E-state index in [1.165, 1.54) is 0 Å². The number of ether oxygens (including phenoxy) is 1. The molecule has 2 unspecified atom stereocenters. The normalized spacial score (nSPS) is 19.0. The van der Waals surface area contributed by atoms with Crippen LogP contribution in [0.3, 0.4) is 0 Å². The Balaban J connectivity index is 1.57. The van der Waals surface area contributed by atoms with Gasteiger partial charge in [0.2, 0.25) is 0 Å². The molecular weight excluding hydrogens is 500 g/mol. The van der Waals surface area contributed by atoms with Gasteiger partial charge in [-0.2, -0.15) is 36.7 Å². The molecule has 0 saturated carbocycles. The van der Waals surface area contributed by atoms with Gasteiger partial charge in [0, 0.05) is 25.6 Å². The molecule has 6 nitrogen and oxygen atoms in total. The maximum atomic E-state index is 13.3. The fourth-order valence-corrected chi connectivity index (χ4v) is 4.55. The minimum atomic E-state index is -4.91. The highest BCUT2D eigenvalue weighted by atomic mass is 19.4. The summed E-state index contributed by atoms with van der Waals surface area (Å²) in [6.07, 6.45) is -9.74. The minimum Gasteiger partial charge on any atom is -0.373 e. The number of nitrogens with zero attached hydrogens (tertiary/aromatic N) is 4. The van der Waals surface area contributed by atoms with Crippen LogP contribution in [0.5, 0.6) is 0 Å². The lowest BCUT2D eigenvalue weighted by Crippen LogP contribution is -2.43. The first kappa shape index (κ1) is 26.9. The lowest BCUT2D eigenvalue weighted by atomic mass is 9.87. The maximum Gasteiger partial charge on any atom is 0.416 e. The van der Waals surface area contributed by atoms with E-state index in [1.807, 2.05) is 49.3 Å². The SMILES string of the molecule is CN(C)Cc1n[nH]nc1N1CCC(OCc2cc(C(F)(F)F)cc(C(F)(F)F)c2)C(c2ccccc2)C1. The first-order valence-electron chi connectivity index (χ1n) is 11.7. The lowest BCUT2D eigenvalue weighted by molar-refractivity contribution is -0.143. The van der Waals surface area contributed by atoms with Crippen molar-refractivity contribution in [1.82, 2.24) is 20.3 Å². The van der Waals surface area contributed by atoms with Crippen molar-refractivity contribution >= 4 is 5.82 Å². The van der Waals surface area contributed by atoms with Crippen molar-refractivity contribution in [3.63, 3.8) is 0 Å². The molecule has 37 heavy (non-hydrogen) atoms. The molecule has 2 heterocycles. The van der Waals surface area contributed by atoms with Gasteiger partial charge in [-0.25, -0.2) is 0 Å². The van der Waals surface area contributed by atoms with Crippen LogP contribution < -0.4 is 4.90 Å². The molecule has 0 radical (unpaired) electrons. The van der Waals surface area contributed by atoms with Gasteiger partial charge >= 0.3 is 12.4 Å². The van der Waals surface area contributed by atoms with Crippen molar-refractivity contribution in [1.29, 1.82) is 0 Å².